The van der Waals surface area contributed by atoms with E-state index in [9.17, 15) is 8.42 Å². The average molecular weight is 374 g/mol. The number of thiophene rings is 1. The van der Waals surface area contributed by atoms with Gasteiger partial charge in [0, 0.05) is 35.4 Å². The third-order valence-corrected chi connectivity index (χ3v) is 7.17. The Kier molecular flexibility index (Phi) is 4.31. The summed E-state index contributed by atoms with van der Waals surface area (Å²) >= 11 is 1.46. The van der Waals surface area contributed by atoms with Gasteiger partial charge in [0.2, 0.25) is 16.0 Å². The minimum atomic E-state index is -3.48. The van der Waals surface area contributed by atoms with Crippen molar-refractivity contribution in [3.63, 3.8) is 0 Å². The summed E-state index contributed by atoms with van der Waals surface area (Å²) < 4.78 is 25.7. The van der Waals surface area contributed by atoms with Crippen LogP contribution in [-0.2, 0) is 15.6 Å². The maximum absolute atomic E-state index is 12.3. The van der Waals surface area contributed by atoms with Gasteiger partial charge in [0.05, 0.1) is 5.75 Å². The predicted molar refractivity (Wildman–Crippen MR) is 101 cm³/mol. The van der Waals surface area contributed by atoms with Crippen LogP contribution in [0.1, 0.15) is 24.3 Å². The Morgan fingerprint density at radius 2 is 2.08 bits per heavy atom. The number of hydrogen-bond acceptors (Lipinski definition) is 6. The summed E-state index contributed by atoms with van der Waals surface area (Å²) in [6, 6.07) is 3.91. The quantitative estimate of drug-likeness (QED) is 0.814. The van der Waals surface area contributed by atoms with Crippen LogP contribution < -0.4 is 5.73 Å². The Balaban J connectivity index is 2.01. The average Bonchev–Trinajstić information content (AvgIpc) is 3.04. The molecule has 0 aromatic carbocycles. The number of aromatic nitrogens is 1. The van der Waals surface area contributed by atoms with Crippen molar-refractivity contribution in [2.45, 2.75) is 19.4 Å². The fourth-order valence-electron chi connectivity index (χ4n) is 2.66. The second-order valence-electron chi connectivity index (χ2n) is 6.00. The largest absolute Gasteiger partial charge is 0.369 e. The first-order valence-electron chi connectivity index (χ1n) is 7.54. The van der Waals surface area contributed by atoms with Crippen LogP contribution in [-0.4, -0.2) is 36.5 Å². The van der Waals surface area contributed by atoms with Gasteiger partial charge in [0.25, 0.3) is 0 Å². The zero-order valence-electron chi connectivity index (χ0n) is 14.1. The van der Waals surface area contributed by atoms with E-state index in [1.165, 1.54) is 18.4 Å². The second kappa shape index (κ2) is 6.17. The molecule has 2 N–H and O–H groups in total. The minimum Gasteiger partial charge on any atom is -0.369 e. The number of pyridine rings is 1. The Labute approximate surface area is 151 Å². The summed E-state index contributed by atoms with van der Waals surface area (Å²) in [5, 5.41) is 1.97. The van der Waals surface area contributed by atoms with Crippen molar-refractivity contribution in [2.75, 3.05) is 12.8 Å². The standard InChI is InChI=1S/C17H18N4O2S2/c1-4-5-12-6-13(9-19-8-12)14-7-15(24-10-14)17(2)11-25(22,23)21(3)16(18)20-17/h6-10H,11H2,1-3H3,(H2,18,20). The second-order valence-corrected chi connectivity index (χ2v) is 8.92. The number of rotatable bonds is 2. The molecule has 0 fully saturated rings. The first-order chi connectivity index (χ1) is 11.7. The Morgan fingerprint density at radius 3 is 2.76 bits per heavy atom. The van der Waals surface area contributed by atoms with Gasteiger partial charge in [-0.1, -0.05) is 5.92 Å². The predicted octanol–water partition coefficient (Wildman–Crippen LogP) is 1.99. The molecule has 1 aliphatic rings. The molecule has 1 atom stereocenters. The summed E-state index contributed by atoms with van der Waals surface area (Å²) in [6.45, 7) is 3.57. The van der Waals surface area contributed by atoms with Gasteiger partial charge < -0.3 is 5.73 Å². The van der Waals surface area contributed by atoms with E-state index in [1.807, 2.05) is 17.5 Å². The van der Waals surface area contributed by atoms with E-state index in [2.05, 4.69) is 21.8 Å². The number of aliphatic imine (C=N–C) groups is 1. The van der Waals surface area contributed by atoms with E-state index in [-0.39, 0.29) is 11.7 Å². The lowest BCUT2D eigenvalue weighted by molar-refractivity contribution is 0.482. The lowest BCUT2D eigenvalue weighted by Crippen LogP contribution is -2.50. The molecule has 2 aromatic rings. The maximum Gasteiger partial charge on any atom is 0.239 e. The SMILES string of the molecule is CC#Cc1cncc(-c2csc(C3(C)CS(=O)(=O)N(C)C(N)=N3)c2)c1. The van der Waals surface area contributed by atoms with Crippen molar-refractivity contribution in [1.29, 1.82) is 0 Å². The Bertz CT molecular complexity index is 1010. The van der Waals surface area contributed by atoms with Crippen LogP contribution in [0.5, 0.6) is 0 Å². The number of sulfonamides is 1. The fraction of sp³-hybridized carbons (Fsp3) is 0.294. The van der Waals surface area contributed by atoms with Gasteiger partial charge in [0.1, 0.15) is 5.54 Å². The van der Waals surface area contributed by atoms with E-state index in [0.717, 1.165) is 25.9 Å². The van der Waals surface area contributed by atoms with E-state index >= 15 is 0 Å². The van der Waals surface area contributed by atoms with Gasteiger partial charge in [0.15, 0.2) is 0 Å². The molecule has 1 unspecified atom stereocenters. The summed E-state index contributed by atoms with van der Waals surface area (Å²) in [7, 11) is -2.07. The van der Waals surface area contributed by atoms with Crippen LogP contribution in [0.25, 0.3) is 11.1 Å². The molecule has 8 heteroatoms. The Hall–Kier alpha value is -2.37. The van der Waals surface area contributed by atoms with E-state index < -0.39 is 15.6 Å². The third kappa shape index (κ3) is 3.25. The monoisotopic (exact) mass is 374 g/mol. The lowest BCUT2D eigenvalue weighted by Gasteiger charge is -2.33. The molecular formula is C17H18N4O2S2. The summed E-state index contributed by atoms with van der Waals surface area (Å²) in [5.41, 5.74) is 7.64. The highest BCUT2D eigenvalue weighted by Crippen LogP contribution is 2.38. The zero-order valence-corrected chi connectivity index (χ0v) is 15.8. The molecule has 0 spiro atoms. The van der Waals surface area contributed by atoms with Crippen molar-refractivity contribution in [3.05, 3.63) is 40.3 Å². The van der Waals surface area contributed by atoms with Gasteiger partial charge in [-0.05, 0) is 36.9 Å². The van der Waals surface area contributed by atoms with E-state index in [1.54, 1.807) is 26.2 Å². The van der Waals surface area contributed by atoms with Crippen LogP contribution >= 0.6 is 11.3 Å². The van der Waals surface area contributed by atoms with Gasteiger partial charge >= 0.3 is 0 Å². The molecule has 130 valence electrons. The molecule has 25 heavy (non-hydrogen) atoms. The Morgan fingerprint density at radius 1 is 1.32 bits per heavy atom. The van der Waals surface area contributed by atoms with Gasteiger partial charge in [-0.3, -0.25) is 4.98 Å². The molecule has 0 bridgehead atoms. The molecule has 6 nitrogen and oxygen atoms in total. The minimum absolute atomic E-state index is 0.00517. The van der Waals surface area contributed by atoms with Crippen LogP contribution in [0.2, 0.25) is 0 Å². The lowest BCUT2D eigenvalue weighted by atomic mass is 10.0. The van der Waals surface area contributed by atoms with Crippen molar-refractivity contribution in [3.8, 4) is 23.0 Å². The maximum atomic E-state index is 12.3. The topological polar surface area (TPSA) is 88.7 Å². The first-order valence-corrected chi connectivity index (χ1v) is 10.0. The van der Waals surface area contributed by atoms with Crippen LogP contribution in [0, 0.1) is 11.8 Å². The highest BCUT2D eigenvalue weighted by molar-refractivity contribution is 7.89. The number of hydrogen-bond donors (Lipinski definition) is 1. The van der Waals surface area contributed by atoms with Crippen molar-refractivity contribution < 1.29 is 8.42 Å². The molecule has 3 heterocycles. The highest BCUT2D eigenvalue weighted by Gasteiger charge is 2.41. The zero-order chi connectivity index (χ0) is 18.2. The van der Waals surface area contributed by atoms with Crippen molar-refractivity contribution >= 4 is 27.3 Å². The van der Waals surface area contributed by atoms with Gasteiger partial charge in [-0.2, -0.15) is 0 Å². The normalized spacial score (nSPS) is 22.0. The number of guanidine groups is 1. The summed E-state index contributed by atoms with van der Waals surface area (Å²) in [4.78, 5) is 9.49. The molecule has 0 radical (unpaired) electrons. The number of nitrogens with two attached hydrogens (primary N) is 1. The molecule has 0 saturated carbocycles. The molecule has 3 rings (SSSR count). The summed E-state index contributed by atoms with van der Waals surface area (Å²) in [5.74, 6) is 5.73. The fourth-order valence-corrected chi connectivity index (χ4v) is 5.22. The third-order valence-electron chi connectivity index (χ3n) is 4.04. The van der Waals surface area contributed by atoms with Crippen LogP contribution in [0.15, 0.2) is 34.9 Å². The van der Waals surface area contributed by atoms with Crippen LogP contribution in [0.4, 0.5) is 0 Å². The van der Waals surface area contributed by atoms with Crippen molar-refractivity contribution in [1.82, 2.24) is 9.29 Å². The smallest absolute Gasteiger partial charge is 0.239 e. The number of nitrogens with zero attached hydrogens (tertiary/aromatic N) is 3. The molecule has 0 saturated heterocycles. The highest BCUT2D eigenvalue weighted by atomic mass is 32.2. The van der Waals surface area contributed by atoms with Crippen molar-refractivity contribution in [2.24, 2.45) is 10.7 Å². The van der Waals surface area contributed by atoms with Crippen LogP contribution in [0.3, 0.4) is 0 Å². The van der Waals surface area contributed by atoms with E-state index in [4.69, 9.17) is 5.73 Å². The molecule has 0 aliphatic carbocycles. The van der Waals surface area contributed by atoms with Gasteiger partial charge in [-0.15, -0.1) is 17.3 Å². The molecule has 0 amide bonds. The molecular weight excluding hydrogens is 356 g/mol. The molecule has 1 aliphatic heterocycles. The summed E-state index contributed by atoms with van der Waals surface area (Å²) in [6.07, 6.45) is 3.47. The first kappa shape index (κ1) is 17.5. The van der Waals surface area contributed by atoms with E-state index in [0.29, 0.717) is 0 Å². The van der Waals surface area contributed by atoms with Gasteiger partial charge in [-0.25, -0.2) is 17.7 Å². The molecule has 2 aromatic heterocycles.